The molecule has 0 atom stereocenters. The molecule has 2 N–H and O–H groups in total. The average Bonchev–Trinajstić information content (AvgIpc) is 2.69. The molecule has 28 heavy (non-hydrogen) atoms. The van der Waals surface area contributed by atoms with Crippen LogP contribution in [0.25, 0.3) is 0 Å². The number of hydrogen-bond acceptors (Lipinski definition) is 2. The lowest BCUT2D eigenvalue weighted by molar-refractivity contribution is -0.128. The second kappa shape index (κ2) is 9.74. The Hall–Kier alpha value is -2.33. The van der Waals surface area contributed by atoms with Crippen LogP contribution in [0, 0.1) is 18.8 Å². The first kappa shape index (κ1) is 20.4. The number of benzene rings is 2. The van der Waals surface area contributed by atoms with Gasteiger partial charge in [0.1, 0.15) is 0 Å². The van der Waals surface area contributed by atoms with E-state index >= 15 is 0 Å². The first-order valence-corrected chi connectivity index (χ1v) is 10.3. The average molecular weight is 399 g/mol. The molecule has 0 radical (unpaired) electrons. The van der Waals surface area contributed by atoms with Crippen molar-refractivity contribution in [1.29, 1.82) is 0 Å². The summed E-state index contributed by atoms with van der Waals surface area (Å²) in [6, 6.07) is 15.5. The zero-order chi connectivity index (χ0) is 19.9. The van der Waals surface area contributed by atoms with Gasteiger partial charge in [-0.2, -0.15) is 0 Å². The van der Waals surface area contributed by atoms with E-state index < -0.39 is 0 Å². The smallest absolute Gasteiger partial charge is 0.227 e. The molecule has 148 valence electrons. The molecule has 1 fully saturated rings. The number of halogens is 1. The van der Waals surface area contributed by atoms with Crippen molar-refractivity contribution in [2.45, 2.75) is 39.0 Å². The molecule has 0 spiro atoms. The largest absolute Gasteiger partial charge is 0.356 e. The Morgan fingerprint density at radius 1 is 0.964 bits per heavy atom. The molecule has 5 heteroatoms. The topological polar surface area (TPSA) is 58.2 Å². The summed E-state index contributed by atoms with van der Waals surface area (Å²) < 4.78 is 0. The number of amides is 2. The Balaban J connectivity index is 1.39. The quantitative estimate of drug-likeness (QED) is 0.737. The molecule has 0 aliphatic heterocycles. The standard InChI is InChI=1S/C23H27ClN2O2/c1-16-3-2-4-21(15-16)26-23(28)19-9-7-18(8-10-19)22(27)25-14-13-17-5-11-20(24)12-6-17/h2-6,11-12,15,18-19H,7-10,13-14H2,1H3,(H,25,27)(H,26,28). The molecular weight excluding hydrogens is 372 g/mol. The van der Waals surface area contributed by atoms with Gasteiger partial charge in [-0.15, -0.1) is 0 Å². The van der Waals surface area contributed by atoms with Crippen molar-refractivity contribution < 1.29 is 9.59 Å². The molecule has 0 unspecified atom stereocenters. The molecule has 3 rings (SSSR count). The summed E-state index contributed by atoms with van der Waals surface area (Å²) in [5, 5.41) is 6.76. The van der Waals surface area contributed by atoms with Gasteiger partial charge in [-0.3, -0.25) is 9.59 Å². The summed E-state index contributed by atoms with van der Waals surface area (Å²) in [6.45, 7) is 2.63. The van der Waals surface area contributed by atoms with Gasteiger partial charge in [0.15, 0.2) is 0 Å². The maximum atomic E-state index is 12.5. The number of carbonyl (C=O) groups is 2. The Bertz CT molecular complexity index is 812. The highest BCUT2D eigenvalue weighted by atomic mass is 35.5. The van der Waals surface area contributed by atoms with Gasteiger partial charge >= 0.3 is 0 Å². The number of carbonyl (C=O) groups excluding carboxylic acids is 2. The van der Waals surface area contributed by atoms with Crippen molar-refractivity contribution in [3.8, 4) is 0 Å². The van der Waals surface area contributed by atoms with Gasteiger partial charge in [0, 0.05) is 29.1 Å². The van der Waals surface area contributed by atoms with Crippen molar-refractivity contribution in [3.63, 3.8) is 0 Å². The first-order valence-electron chi connectivity index (χ1n) is 9.91. The van der Waals surface area contributed by atoms with Crippen LogP contribution in [0.4, 0.5) is 5.69 Å². The highest BCUT2D eigenvalue weighted by Gasteiger charge is 2.29. The van der Waals surface area contributed by atoms with Crippen LogP contribution in [0.15, 0.2) is 48.5 Å². The van der Waals surface area contributed by atoms with Gasteiger partial charge in [-0.1, -0.05) is 35.9 Å². The van der Waals surface area contributed by atoms with Gasteiger partial charge in [-0.25, -0.2) is 0 Å². The number of aryl methyl sites for hydroxylation is 1. The lowest BCUT2D eigenvalue weighted by atomic mass is 9.81. The van der Waals surface area contributed by atoms with Crippen LogP contribution in [-0.2, 0) is 16.0 Å². The van der Waals surface area contributed by atoms with Crippen molar-refractivity contribution in [2.75, 3.05) is 11.9 Å². The van der Waals surface area contributed by atoms with Gasteiger partial charge in [0.2, 0.25) is 11.8 Å². The van der Waals surface area contributed by atoms with E-state index in [0.717, 1.165) is 53.9 Å². The lowest BCUT2D eigenvalue weighted by Gasteiger charge is -2.27. The van der Waals surface area contributed by atoms with Crippen LogP contribution in [0.2, 0.25) is 5.02 Å². The van der Waals surface area contributed by atoms with Crippen molar-refractivity contribution in [3.05, 3.63) is 64.7 Å². The molecule has 2 aromatic rings. The predicted octanol–water partition coefficient (Wildman–Crippen LogP) is 4.75. The summed E-state index contributed by atoms with van der Waals surface area (Å²) in [6.07, 6.45) is 3.83. The zero-order valence-corrected chi connectivity index (χ0v) is 17.0. The zero-order valence-electron chi connectivity index (χ0n) is 16.2. The molecule has 1 saturated carbocycles. The van der Waals surface area contributed by atoms with E-state index in [1.54, 1.807) is 0 Å². The third kappa shape index (κ3) is 5.83. The molecule has 2 aromatic carbocycles. The predicted molar refractivity (Wildman–Crippen MR) is 113 cm³/mol. The molecule has 1 aliphatic carbocycles. The van der Waals surface area contributed by atoms with Crippen molar-refractivity contribution >= 4 is 29.1 Å². The third-order valence-corrected chi connectivity index (χ3v) is 5.63. The lowest BCUT2D eigenvalue weighted by Crippen LogP contribution is -2.36. The third-order valence-electron chi connectivity index (χ3n) is 5.38. The summed E-state index contributed by atoms with van der Waals surface area (Å²) >= 11 is 5.89. The monoisotopic (exact) mass is 398 g/mol. The number of hydrogen-bond donors (Lipinski definition) is 2. The fraction of sp³-hybridized carbons (Fsp3) is 0.391. The SMILES string of the molecule is Cc1cccc(NC(=O)C2CCC(C(=O)NCCc3ccc(Cl)cc3)CC2)c1. The van der Waals surface area contributed by atoms with E-state index in [9.17, 15) is 9.59 Å². The molecule has 0 aromatic heterocycles. The van der Waals surface area contributed by atoms with Crippen molar-refractivity contribution in [1.82, 2.24) is 5.32 Å². The normalized spacial score (nSPS) is 19.1. The van der Waals surface area contributed by atoms with Crippen molar-refractivity contribution in [2.24, 2.45) is 11.8 Å². The fourth-order valence-electron chi connectivity index (χ4n) is 3.71. The molecule has 1 aliphatic rings. The van der Waals surface area contributed by atoms with Crippen LogP contribution in [0.3, 0.4) is 0 Å². The Kier molecular flexibility index (Phi) is 7.10. The fourth-order valence-corrected chi connectivity index (χ4v) is 3.84. The van der Waals surface area contributed by atoms with E-state index in [2.05, 4.69) is 10.6 Å². The summed E-state index contributed by atoms with van der Waals surface area (Å²) in [5.74, 6) is 0.158. The molecule has 0 bridgehead atoms. The Morgan fingerprint density at radius 2 is 1.61 bits per heavy atom. The number of anilines is 1. The van der Waals surface area contributed by atoms with Crippen LogP contribution in [0.5, 0.6) is 0 Å². The maximum Gasteiger partial charge on any atom is 0.227 e. The maximum absolute atomic E-state index is 12.5. The van der Waals surface area contributed by atoms with Gasteiger partial charge in [0.25, 0.3) is 0 Å². The summed E-state index contributed by atoms with van der Waals surface area (Å²) in [5.41, 5.74) is 3.12. The highest BCUT2D eigenvalue weighted by Crippen LogP contribution is 2.30. The van der Waals surface area contributed by atoms with E-state index in [0.29, 0.717) is 6.54 Å². The highest BCUT2D eigenvalue weighted by molar-refractivity contribution is 6.30. The Labute approximate surface area is 171 Å². The molecule has 2 amide bonds. The van der Waals surface area contributed by atoms with Gasteiger partial charge < -0.3 is 10.6 Å². The van der Waals surface area contributed by atoms with Gasteiger partial charge in [0.05, 0.1) is 0 Å². The molecule has 0 heterocycles. The minimum Gasteiger partial charge on any atom is -0.356 e. The molecular formula is C23H27ClN2O2. The minimum absolute atomic E-state index is 0.00763. The van der Waals surface area contributed by atoms with Gasteiger partial charge in [-0.05, 0) is 74.4 Å². The van der Waals surface area contributed by atoms with E-state index in [1.807, 2.05) is 55.5 Å². The summed E-state index contributed by atoms with van der Waals surface area (Å²) in [4.78, 5) is 24.9. The Morgan fingerprint density at radius 3 is 2.25 bits per heavy atom. The van der Waals surface area contributed by atoms with E-state index in [4.69, 9.17) is 11.6 Å². The number of nitrogens with one attached hydrogen (secondary N) is 2. The first-order chi connectivity index (χ1) is 13.5. The van der Waals surface area contributed by atoms with Crippen LogP contribution in [-0.4, -0.2) is 18.4 Å². The summed E-state index contributed by atoms with van der Waals surface area (Å²) in [7, 11) is 0. The minimum atomic E-state index is -0.0152. The molecule has 0 saturated heterocycles. The van der Waals surface area contributed by atoms with E-state index in [-0.39, 0.29) is 23.7 Å². The van der Waals surface area contributed by atoms with Crippen LogP contribution in [0.1, 0.15) is 36.8 Å². The second-order valence-corrected chi connectivity index (χ2v) is 8.01. The number of rotatable bonds is 6. The van der Waals surface area contributed by atoms with E-state index in [1.165, 1.54) is 0 Å². The molecule has 4 nitrogen and oxygen atoms in total. The van der Waals surface area contributed by atoms with Crippen LogP contribution < -0.4 is 10.6 Å². The second-order valence-electron chi connectivity index (χ2n) is 7.57. The van der Waals surface area contributed by atoms with Crippen LogP contribution >= 0.6 is 11.6 Å².